The highest BCUT2D eigenvalue weighted by molar-refractivity contribution is 6.31. The van der Waals surface area contributed by atoms with E-state index >= 15 is 0 Å². The smallest absolute Gasteiger partial charge is 0.449 e. The van der Waals surface area contributed by atoms with Gasteiger partial charge >= 0.3 is 6.16 Å². The third-order valence-electron chi connectivity index (χ3n) is 3.19. The van der Waals surface area contributed by atoms with Gasteiger partial charge in [-0.2, -0.15) is 0 Å². The van der Waals surface area contributed by atoms with Crippen LogP contribution in [0, 0.1) is 0 Å². The van der Waals surface area contributed by atoms with Crippen LogP contribution in [0.15, 0.2) is 24.5 Å². The number of nitrogens with zero attached hydrogens (tertiary/aromatic N) is 3. The van der Waals surface area contributed by atoms with Gasteiger partial charge in [-0.25, -0.2) is 9.78 Å². The molecule has 1 amide bonds. The van der Waals surface area contributed by atoms with Gasteiger partial charge in [0, 0.05) is 12.1 Å². The van der Waals surface area contributed by atoms with E-state index in [9.17, 15) is 9.59 Å². The molecule has 8 heteroatoms. The molecule has 1 aromatic carbocycles. The Balaban J connectivity index is 2.21. The van der Waals surface area contributed by atoms with Gasteiger partial charge in [-0.3, -0.25) is 9.36 Å². The molecule has 21 heavy (non-hydrogen) atoms. The quantitative estimate of drug-likeness (QED) is 0.816. The van der Waals surface area contributed by atoms with Crippen LogP contribution in [0.4, 0.5) is 4.79 Å². The molecule has 7 nitrogen and oxygen atoms in total. The van der Waals surface area contributed by atoms with Crippen molar-refractivity contribution in [1.82, 2.24) is 14.5 Å². The second kappa shape index (κ2) is 4.78. The van der Waals surface area contributed by atoms with Crippen molar-refractivity contribution in [3.63, 3.8) is 0 Å². The third kappa shape index (κ3) is 2.21. The minimum atomic E-state index is -1.45. The first-order valence-corrected chi connectivity index (χ1v) is 6.37. The van der Waals surface area contributed by atoms with Crippen molar-refractivity contribution in [1.29, 1.82) is 0 Å². The third-order valence-corrected chi connectivity index (χ3v) is 3.43. The van der Waals surface area contributed by atoms with Gasteiger partial charge < -0.3 is 14.7 Å². The van der Waals surface area contributed by atoms with Crippen LogP contribution in [0.1, 0.15) is 16.1 Å². The highest BCUT2D eigenvalue weighted by atomic mass is 35.5. The van der Waals surface area contributed by atoms with Gasteiger partial charge in [0.25, 0.3) is 5.91 Å². The summed E-state index contributed by atoms with van der Waals surface area (Å²) < 4.78 is 6.28. The van der Waals surface area contributed by atoms with Gasteiger partial charge in [-0.1, -0.05) is 11.6 Å². The summed E-state index contributed by atoms with van der Waals surface area (Å²) in [5.74, 6) is -0.248. The molecule has 0 bridgehead atoms. The summed E-state index contributed by atoms with van der Waals surface area (Å²) in [5, 5.41) is 9.18. The Morgan fingerprint density at radius 1 is 1.48 bits per heavy atom. The largest absolute Gasteiger partial charge is 0.512 e. The summed E-state index contributed by atoms with van der Waals surface area (Å²) in [6, 6.07) is 4.91. The average molecular weight is 308 g/mol. The monoisotopic (exact) mass is 307 g/mol. The minimum Gasteiger partial charge on any atom is -0.449 e. The van der Waals surface area contributed by atoms with Crippen LogP contribution in [0.25, 0.3) is 5.69 Å². The SMILES string of the molecule is CN1Cc2c(OC(=O)O)ncn2-c2ccc(Cl)cc2C1=O. The molecule has 1 aliphatic heterocycles. The van der Waals surface area contributed by atoms with Crippen molar-refractivity contribution in [3.05, 3.63) is 40.8 Å². The Bertz CT molecular complexity index is 756. The number of fused-ring (bicyclic) bond motifs is 3. The first-order valence-electron chi connectivity index (χ1n) is 5.99. The average Bonchev–Trinajstić information content (AvgIpc) is 2.75. The lowest BCUT2D eigenvalue weighted by atomic mass is 10.1. The van der Waals surface area contributed by atoms with Crippen molar-refractivity contribution in [2.45, 2.75) is 6.54 Å². The molecule has 0 atom stereocenters. The predicted molar refractivity (Wildman–Crippen MR) is 73.0 cm³/mol. The number of hydrogen-bond acceptors (Lipinski definition) is 4. The standard InChI is InChI=1S/C13H10ClN3O4/c1-16-5-10-11(21-13(19)20)15-6-17(10)9-3-2-7(14)4-8(9)12(16)18/h2-4,6H,5H2,1H3,(H,19,20). The fourth-order valence-corrected chi connectivity index (χ4v) is 2.44. The molecule has 2 aromatic rings. The van der Waals surface area contributed by atoms with Gasteiger partial charge in [0.05, 0.1) is 17.8 Å². The Kier molecular flexibility index (Phi) is 3.06. The van der Waals surface area contributed by atoms with Crippen LogP contribution >= 0.6 is 11.6 Å². The number of carbonyl (C=O) groups excluding carboxylic acids is 1. The molecule has 0 fully saturated rings. The van der Waals surface area contributed by atoms with Crippen molar-refractivity contribution in [3.8, 4) is 11.6 Å². The molecule has 0 aliphatic carbocycles. The van der Waals surface area contributed by atoms with Crippen molar-refractivity contribution < 1.29 is 19.4 Å². The number of ether oxygens (including phenoxy) is 1. The minimum absolute atomic E-state index is 0.0371. The summed E-state index contributed by atoms with van der Waals surface area (Å²) >= 11 is 5.95. The summed E-state index contributed by atoms with van der Waals surface area (Å²) in [4.78, 5) is 28.5. The molecule has 0 saturated heterocycles. The van der Waals surface area contributed by atoms with E-state index in [0.717, 1.165) is 0 Å². The lowest BCUT2D eigenvalue weighted by Gasteiger charge is -2.14. The zero-order chi connectivity index (χ0) is 15.1. The number of hydrogen-bond donors (Lipinski definition) is 1. The number of halogens is 1. The number of rotatable bonds is 1. The summed E-state index contributed by atoms with van der Waals surface area (Å²) in [7, 11) is 1.61. The van der Waals surface area contributed by atoms with E-state index < -0.39 is 6.16 Å². The Labute approximate surface area is 124 Å². The molecule has 1 aliphatic rings. The van der Waals surface area contributed by atoms with E-state index in [4.69, 9.17) is 16.7 Å². The summed E-state index contributed by atoms with van der Waals surface area (Å²) in [6.07, 6.45) is -0.0293. The molecule has 0 spiro atoms. The van der Waals surface area contributed by atoms with E-state index in [1.54, 1.807) is 29.8 Å². The van der Waals surface area contributed by atoms with E-state index in [-0.39, 0.29) is 18.3 Å². The Morgan fingerprint density at radius 2 is 2.24 bits per heavy atom. The zero-order valence-corrected chi connectivity index (χ0v) is 11.7. The van der Waals surface area contributed by atoms with Crippen LogP contribution in [-0.2, 0) is 6.54 Å². The Morgan fingerprint density at radius 3 is 2.95 bits per heavy atom. The lowest BCUT2D eigenvalue weighted by molar-refractivity contribution is 0.0787. The van der Waals surface area contributed by atoms with E-state index in [1.807, 2.05) is 0 Å². The number of carbonyl (C=O) groups is 2. The van der Waals surface area contributed by atoms with Gasteiger partial charge in [0.1, 0.15) is 12.0 Å². The molecule has 1 aromatic heterocycles. The van der Waals surface area contributed by atoms with Crippen molar-refractivity contribution in [2.75, 3.05) is 7.05 Å². The van der Waals surface area contributed by atoms with Crippen LogP contribution in [-0.4, -0.2) is 38.7 Å². The molecule has 108 valence electrons. The van der Waals surface area contributed by atoms with Crippen LogP contribution in [0.3, 0.4) is 0 Å². The van der Waals surface area contributed by atoms with Gasteiger partial charge in [-0.05, 0) is 18.2 Å². The van der Waals surface area contributed by atoms with E-state index in [0.29, 0.717) is 22.0 Å². The topological polar surface area (TPSA) is 84.7 Å². The van der Waals surface area contributed by atoms with Crippen LogP contribution < -0.4 is 4.74 Å². The fourth-order valence-electron chi connectivity index (χ4n) is 2.27. The molecule has 0 radical (unpaired) electrons. The van der Waals surface area contributed by atoms with Crippen LogP contribution in [0.2, 0.25) is 5.02 Å². The molecule has 0 saturated carbocycles. The molecular formula is C13H10ClN3O4. The maximum atomic E-state index is 12.4. The molecule has 1 N–H and O–H groups in total. The number of benzene rings is 1. The van der Waals surface area contributed by atoms with E-state index in [2.05, 4.69) is 9.72 Å². The summed E-state index contributed by atoms with van der Waals surface area (Å²) in [5.41, 5.74) is 1.48. The number of aromatic nitrogens is 2. The number of carboxylic acid groups (broad SMARTS) is 1. The predicted octanol–water partition coefficient (Wildman–Crippen LogP) is 2.17. The summed E-state index contributed by atoms with van der Waals surface area (Å²) in [6.45, 7) is 0.174. The second-order valence-electron chi connectivity index (χ2n) is 4.56. The fraction of sp³-hybridized carbons (Fsp3) is 0.154. The van der Waals surface area contributed by atoms with Crippen molar-refractivity contribution >= 4 is 23.7 Å². The van der Waals surface area contributed by atoms with Gasteiger partial charge in [0.15, 0.2) is 0 Å². The lowest BCUT2D eigenvalue weighted by Crippen LogP contribution is -2.25. The highest BCUT2D eigenvalue weighted by Gasteiger charge is 2.27. The first-order chi connectivity index (χ1) is 9.97. The van der Waals surface area contributed by atoms with Crippen molar-refractivity contribution in [2.24, 2.45) is 0 Å². The zero-order valence-electron chi connectivity index (χ0n) is 10.9. The molecule has 3 rings (SSSR count). The maximum absolute atomic E-state index is 12.4. The molecule has 2 heterocycles. The second-order valence-corrected chi connectivity index (χ2v) is 4.99. The maximum Gasteiger partial charge on any atom is 0.512 e. The number of amides is 1. The normalized spacial score (nSPS) is 13.4. The van der Waals surface area contributed by atoms with Crippen LogP contribution in [0.5, 0.6) is 5.88 Å². The highest BCUT2D eigenvalue weighted by Crippen LogP contribution is 2.30. The van der Waals surface area contributed by atoms with Gasteiger partial charge in [0.2, 0.25) is 5.88 Å². The first kappa shape index (κ1) is 13.4. The number of imidazole rings is 1. The van der Waals surface area contributed by atoms with Gasteiger partial charge in [-0.15, -0.1) is 0 Å². The molecular weight excluding hydrogens is 298 g/mol. The Hall–Kier alpha value is -2.54. The molecule has 0 unspecified atom stereocenters. The van der Waals surface area contributed by atoms with E-state index in [1.165, 1.54) is 11.2 Å².